The summed E-state index contributed by atoms with van der Waals surface area (Å²) in [6.45, 7) is 2.66. The molecular weight excluding hydrogens is 276 g/mol. The number of carbonyl (C=O) groups excluding carboxylic acids is 1. The normalized spacial score (nSPS) is 11.2. The Morgan fingerprint density at radius 1 is 1.40 bits per heavy atom. The fourth-order valence-electron chi connectivity index (χ4n) is 1.89. The molecule has 0 aromatic carbocycles. The highest BCUT2D eigenvalue weighted by atomic mass is 32.1. The van der Waals surface area contributed by atoms with Gasteiger partial charge in [0, 0.05) is 37.8 Å². The zero-order valence-corrected chi connectivity index (χ0v) is 12.9. The minimum absolute atomic E-state index is 0.0252. The summed E-state index contributed by atoms with van der Waals surface area (Å²) < 4.78 is 1.60. The quantitative estimate of drug-likeness (QED) is 0.828. The third-order valence-corrected chi connectivity index (χ3v) is 3.91. The molecule has 6 nitrogen and oxygen atoms in total. The minimum atomic E-state index is -0.0731. The Bertz CT molecular complexity index is 689. The van der Waals surface area contributed by atoms with Gasteiger partial charge < -0.3 is 4.90 Å². The topological polar surface area (TPSA) is 57.9 Å². The molecule has 7 heteroatoms. The third kappa shape index (κ3) is 3.05. The first kappa shape index (κ1) is 14.7. The van der Waals surface area contributed by atoms with Crippen molar-refractivity contribution in [1.29, 1.82) is 0 Å². The summed E-state index contributed by atoms with van der Waals surface area (Å²) in [6.07, 6.45) is 0. The largest absolute Gasteiger partial charge is 0.348 e. The first-order chi connectivity index (χ1) is 9.38. The third-order valence-electron chi connectivity index (χ3n) is 2.96. The van der Waals surface area contributed by atoms with E-state index >= 15 is 0 Å². The number of rotatable bonds is 4. The van der Waals surface area contributed by atoms with Crippen LogP contribution in [0.3, 0.4) is 0 Å². The number of nitrogens with zero attached hydrogens (tertiary/aromatic N) is 4. The lowest BCUT2D eigenvalue weighted by atomic mass is 10.3. The molecule has 2 aromatic rings. The lowest BCUT2D eigenvalue weighted by Gasteiger charge is -2.18. The SMILES string of the molecule is Cc1csc2nc(CN(C)CC(=O)N(C)C)cc(=O)n12. The first-order valence-electron chi connectivity index (χ1n) is 6.24. The number of thiazole rings is 1. The van der Waals surface area contributed by atoms with E-state index in [2.05, 4.69) is 4.98 Å². The molecule has 0 unspecified atom stereocenters. The molecule has 1 amide bonds. The van der Waals surface area contributed by atoms with Crippen LogP contribution in [-0.4, -0.2) is 52.8 Å². The van der Waals surface area contributed by atoms with Crippen molar-refractivity contribution in [3.05, 3.63) is 33.2 Å². The van der Waals surface area contributed by atoms with Gasteiger partial charge in [-0.1, -0.05) is 0 Å². The summed E-state index contributed by atoms with van der Waals surface area (Å²) >= 11 is 1.45. The van der Waals surface area contributed by atoms with Crippen LogP contribution >= 0.6 is 11.3 Å². The molecule has 2 heterocycles. The summed E-state index contributed by atoms with van der Waals surface area (Å²) in [5.74, 6) is 0.0252. The van der Waals surface area contributed by atoms with Crippen LogP contribution < -0.4 is 5.56 Å². The number of aryl methyl sites for hydroxylation is 1. The standard InChI is InChI=1S/C13H18N4O2S/c1-9-8-20-13-14-10(5-11(18)17(9)13)6-16(4)7-12(19)15(2)3/h5,8H,6-7H2,1-4H3. The van der Waals surface area contributed by atoms with Gasteiger partial charge in [-0.3, -0.25) is 18.9 Å². The highest BCUT2D eigenvalue weighted by molar-refractivity contribution is 7.15. The van der Waals surface area contributed by atoms with Crippen molar-refractivity contribution in [2.45, 2.75) is 13.5 Å². The van der Waals surface area contributed by atoms with Crippen LogP contribution in [0.4, 0.5) is 0 Å². The summed E-state index contributed by atoms with van der Waals surface area (Å²) in [6, 6.07) is 1.53. The highest BCUT2D eigenvalue weighted by Gasteiger charge is 2.11. The van der Waals surface area contributed by atoms with Crippen LogP contribution in [0, 0.1) is 6.92 Å². The van der Waals surface area contributed by atoms with Gasteiger partial charge in [-0.05, 0) is 14.0 Å². The van der Waals surface area contributed by atoms with E-state index in [-0.39, 0.29) is 11.5 Å². The van der Waals surface area contributed by atoms with Gasteiger partial charge in [0.25, 0.3) is 5.56 Å². The van der Waals surface area contributed by atoms with E-state index in [0.717, 1.165) is 5.69 Å². The predicted octanol–water partition coefficient (Wildman–Crippen LogP) is 0.584. The molecule has 0 aliphatic heterocycles. The molecule has 108 valence electrons. The minimum Gasteiger partial charge on any atom is -0.348 e. The van der Waals surface area contributed by atoms with Gasteiger partial charge in [-0.15, -0.1) is 11.3 Å². The highest BCUT2D eigenvalue weighted by Crippen LogP contribution is 2.12. The molecule has 2 aromatic heterocycles. The van der Waals surface area contributed by atoms with Crippen molar-refractivity contribution in [3.63, 3.8) is 0 Å². The van der Waals surface area contributed by atoms with Crippen molar-refractivity contribution in [2.24, 2.45) is 0 Å². The maximum Gasteiger partial charge on any atom is 0.259 e. The van der Waals surface area contributed by atoms with Crippen LogP contribution in [-0.2, 0) is 11.3 Å². The zero-order valence-electron chi connectivity index (χ0n) is 12.1. The molecule has 0 fully saturated rings. The summed E-state index contributed by atoms with van der Waals surface area (Å²) in [4.78, 5) is 32.2. The van der Waals surface area contributed by atoms with Crippen LogP contribution in [0.15, 0.2) is 16.2 Å². The Morgan fingerprint density at radius 2 is 2.10 bits per heavy atom. The molecule has 0 bridgehead atoms. The van der Waals surface area contributed by atoms with Gasteiger partial charge in [0.15, 0.2) is 4.96 Å². The molecular formula is C13H18N4O2S. The van der Waals surface area contributed by atoms with Gasteiger partial charge in [0.1, 0.15) is 0 Å². The molecule has 0 aliphatic rings. The van der Waals surface area contributed by atoms with Crippen molar-refractivity contribution in [1.82, 2.24) is 19.2 Å². The number of aromatic nitrogens is 2. The molecule has 2 rings (SSSR count). The van der Waals surface area contributed by atoms with Crippen LogP contribution in [0.5, 0.6) is 0 Å². The lowest BCUT2D eigenvalue weighted by Crippen LogP contribution is -2.34. The number of amides is 1. The van der Waals surface area contributed by atoms with E-state index in [4.69, 9.17) is 0 Å². The molecule has 0 radical (unpaired) electrons. The molecule has 0 spiro atoms. The number of hydrogen-bond donors (Lipinski definition) is 0. The average molecular weight is 294 g/mol. The van der Waals surface area contributed by atoms with Gasteiger partial charge in [-0.2, -0.15) is 0 Å². The Labute approximate surface area is 121 Å². The van der Waals surface area contributed by atoms with E-state index in [1.165, 1.54) is 17.4 Å². The summed E-state index contributed by atoms with van der Waals surface area (Å²) in [7, 11) is 5.28. The fourth-order valence-corrected chi connectivity index (χ4v) is 2.78. The Balaban J connectivity index is 2.18. The van der Waals surface area contributed by atoms with Crippen molar-refractivity contribution < 1.29 is 4.79 Å². The monoisotopic (exact) mass is 294 g/mol. The second kappa shape index (κ2) is 5.72. The van der Waals surface area contributed by atoms with Gasteiger partial charge in [-0.25, -0.2) is 4.98 Å². The van der Waals surface area contributed by atoms with E-state index < -0.39 is 0 Å². The molecule has 0 saturated carbocycles. The lowest BCUT2D eigenvalue weighted by molar-refractivity contribution is -0.129. The summed E-state index contributed by atoms with van der Waals surface area (Å²) in [5, 5.41) is 1.91. The Kier molecular flexibility index (Phi) is 4.20. The molecule has 0 N–H and O–H groups in total. The second-order valence-electron chi connectivity index (χ2n) is 5.04. The Hall–Kier alpha value is -1.73. The number of carbonyl (C=O) groups is 1. The Morgan fingerprint density at radius 3 is 2.75 bits per heavy atom. The van der Waals surface area contributed by atoms with E-state index in [0.29, 0.717) is 23.7 Å². The first-order valence-corrected chi connectivity index (χ1v) is 7.12. The maximum atomic E-state index is 12.0. The van der Waals surface area contributed by atoms with E-state index in [1.807, 2.05) is 24.3 Å². The molecule has 0 saturated heterocycles. The average Bonchev–Trinajstić information content (AvgIpc) is 2.70. The molecule has 0 atom stereocenters. The predicted molar refractivity (Wildman–Crippen MR) is 79.1 cm³/mol. The fraction of sp³-hybridized carbons (Fsp3) is 0.462. The smallest absolute Gasteiger partial charge is 0.259 e. The van der Waals surface area contributed by atoms with E-state index in [1.54, 1.807) is 23.4 Å². The van der Waals surface area contributed by atoms with Crippen molar-refractivity contribution in [2.75, 3.05) is 27.7 Å². The second-order valence-corrected chi connectivity index (χ2v) is 5.88. The van der Waals surface area contributed by atoms with Crippen molar-refractivity contribution >= 4 is 22.2 Å². The summed E-state index contributed by atoms with van der Waals surface area (Å²) in [5.41, 5.74) is 1.51. The van der Waals surface area contributed by atoms with Gasteiger partial charge >= 0.3 is 0 Å². The number of hydrogen-bond acceptors (Lipinski definition) is 5. The van der Waals surface area contributed by atoms with Crippen LogP contribution in [0.25, 0.3) is 4.96 Å². The number of likely N-dealkylation sites (N-methyl/N-ethyl adjacent to an activating group) is 2. The number of fused-ring (bicyclic) bond motifs is 1. The zero-order chi connectivity index (χ0) is 14.9. The molecule has 20 heavy (non-hydrogen) atoms. The molecule has 0 aliphatic carbocycles. The maximum absolute atomic E-state index is 12.0. The van der Waals surface area contributed by atoms with E-state index in [9.17, 15) is 9.59 Å². The van der Waals surface area contributed by atoms with Crippen molar-refractivity contribution in [3.8, 4) is 0 Å². The van der Waals surface area contributed by atoms with Gasteiger partial charge in [0.2, 0.25) is 5.91 Å². The van der Waals surface area contributed by atoms with Crippen LogP contribution in [0.2, 0.25) is 0 Å². The van der Waals surface area contributed by atoms with Gasteiger partial charge in [0.05, 0.1) is 12.2 Å². The van der Waals surface area contributed by atoms with Crippen LogP contribution in [0.1, 0.15) is 11.4 Å².